The molecule has 0 fully saturated rings. The lowest BCUT2D eigenvalue weighted by Crippen LogP contribution is -2.36. The molecule has 0 saturated carbocycles. The maximum atomic E-state index is 11.7. The number of fused-ring (bicyclic) bond motifs is 1. The third kappa shape index (κ3) is 4.44. The highest BCUT2D eigenvalue weighted by atomic mass is 16.7. The Morgan fingerprint density at radius 2 is 1.36 bits per heavy atom. The molecule has 6 rings (SSSR count). The van der Waals surface area contributed by atoms with Crippen LogP contribution in [-0.2, 0) is 10.3 Å². The fourth-order valence-electron chi connectivity index (χ4n) is 5.04. The summed E-state index contributed by atoms with van der Waals surface area (Å²) in [6.45, 7) is 1.95. The molecule has 0 bridgehead atoms. The molecule has 0 aliphatic carbocycles. The molecule has 0 saturated heterocycles. The summed E-state index contributed by atoms with van der Waals surface area (Å²) in [7, 11) is 0. The van der Waals surface area contributed by atoms with E-state index in [2.05, 4.69) is 88.5 Å². The van der Waals surface area contributed by atoms with Crippen molar-refractivity contribution in [3.63, 3.8) is 0 Å². The summed E-state index contributed by atoms with van der Waals surface area (Å²) in [6, 6.07) is 35.2. The van der Waals surface area contributed by atoms with Crippen LogP contribution in [-0.4, -0.2) is 31.7 Å². The first-order valence-corrected chi connectivity index (χ1v) is 12.7. The van der Waals surface area contributed by atoms with Gasteiger partial charge in [-0.15, -0.1) is 0 Å². The number of hydrogen-bond donors (Lipinski definition) is 0. The van der Waals surface area contributed by atoms with Crippen molar-refractivity contribution in [1.82, 2.24) is 18.9 Å². The normalized spacial score (nSPS) is 11.4. The highest BCUT2D eigenvalue weighted by Crippen LogP contribution is 2.41. The Bertz CT molecular complexity index is 1610. The van der Waals surface area contributed by atoms with E-state index in [1.807, 2.05) is 47.3 Å². The van der Waals surface area contributed by atoms with Crippen LogP contribution in [0.1, 0.15) is 23.6 Å². The molecule has 0 aliphatic heterocycles. The Morgan fingerprint density at radius 1 is 0.769 bits per heavy atom. The van der Waals surface area contributed by atoms with Gasteiger partial charge in [0.2, 0.25) is 5.88 Å². The molecule has 3 aromatic carbocycles. The lowest BCUT2D eigenvalue weighted by molar-refractivity contribution is 0.103. The van der Waals surface area contributed by atoms with Gasteiger partial charge in [0.25, 0.3) is 0 Å². The predicted molar refractivity (Wildman–Crippen MR) is 149 cm³/mol. The minimum absolute atomic E-state index is 0.173. The molecule has 0 atom stereocenters. The van der Waals surface area contributed by atoms with E-state index in [0.717, 1.165) is 27.9 Å². The zero-order valence-corrected chi connectivity index (χ0v) is 21.3. The van der Waals surface area contributed by atoms with Gasteiger partial charge in [-0.2, -0.15) is 4.98 Å². The standard InChI is InChI=1S/C32H26N4O3/c1-2-38-31(37)39-30-22-35-20-24(18-19-29(35)34-30)28-21-36(23-33-28)32(25-12-6-3-7-13-25,26-14-8-4-9-15-26)27-16-10-5-11-17-27/h3-23H,2H2,1H3. The van der Waals surface area contributed by atoms with Crippen molar-refractivity contribution in [3.05, 3.63) is 145 Å². The van der Waals surface area contributed by atoms with Crippen molar-refractivity contribution >= 4 is 11.8 Å². The van der Waals surface area contributed by atoms with E-state index in [1.54, 1.807) is 13.1 Å². The van der Waals surface area contributed by atoms with Crippen LogP contribution in [0.5, 0.6) is 5.88 Å². The third-order valence-corrected chi connectivity index (χ3v) is 6.72. The smallest absolute Gasteiger partial charge is 0.434 e. The molecule has 0 radical (unpaired) electrons. The van der Waals surface area contributed by atoms with E-state index in [0.29, 0.717) is 5.65 Å². The van der Waals surface area contributed by atoms with Gasteiger partial charge in [-0.05, 0) is 35.7 Å². The van der Waals surface area contributed by atoms with Gasteiger partial charge in [-0.1, -0.05) is 91.0 Å². The number of ether oxygens (including phenoxy) is 2. The molecule has 3 heterocycles. The molecule has 0 aliphatic rings. The Hall–Kier alpha value is -5.17. The molecule has 192 valence electrons. The second-order valence-electron chi connectivity index (χ2n) is 9.02. The van der Waals surface area contributed by atoms with Crippen molar-refractivity contribution in [1.29, 1.82) is 0 Å². The Morgan fingerprint density at radius 3 is 1.92 bits per heavy atom. The van der Waals surface area contributed by atoms with Crippen LogP contribution in [0.15, 0.2) is 128 Å². The lowest BCUT2D eigenvalue weighted by Gasteiger charge is -2.37. The average molecular weight is 515 g/mol. The average Bonchev–Trinajstić information content (AvgIpc) is 3.62. The summed E-state index contributed by atoms with van der Waals surface area (Å²) in [5, 5.41) is 0. The van der Waals surface area contributed by atoms with Crippen molar-refractivity contribution in [2.75, 3.05) is 6.61 Å². The molecule has 0 amide bonds. The van der Waals surface area contributed by atoms with E-state index in [-0.39, 0.29) is 12.5 Å². The number of aromatic nitrogens is 4. The van der Waals surface area contributed by atoms with Crippen LogP contribution in [0.3, 0.4) is 0 Å². The van der Waals surface area contributed by atoms with Crippen LogP contribution in [0.25, 0.3) is 16.9 Å². The molecular weight excluding hydrogens is 488 g/mol. The highest BCUT2D eigenvalue weighted by Gasteiger charge is 2.38. The van der Waals surface area contributed by atoms with Crippen LogP contribution < -0.4 is 4.74 Å². The Balaban J connectivity index is 1.47. The first-order valence-electron chi connectivity index (χ1n) is 12.7. The fraction of sp³-hybridized carbons (Fsp3) is 0.0938. The summed E-state index contributed by atoms with van der Waals surface area (Å²) in [6.07, 6.45) is 6.74. The van der Waals surface area contributed by atoms with Gasteiger partial charge >= 0.3 is 6.16 Å². The number of pyridine rings is 1. The number of carbonyl (C=O) groups is 1. The van der Waals surface area contributed by atoms with Gasteiger partial charge in [-0.25, -0.2) is 9.78 Å². The molecule has 6 aromatic rings. The molecule has 39 heavy (non-hydrogen) atoms. The largest absolute Gasteiger partial charge is 0.515 e. The molecule has 0 unspecified atom stereocenters. The van der Waals surface area contributed by atoms with Gasteiger partial charge in [0.15, 0.2) is 0 Å². The molecule has 7 nitrogen and oxygen atoms in total. The molecule has 3 aromatic heterocycles. The molecular formula is C32H26N4O3. The number of nitrogens with zero attached hydrogens (tertiary/aromatic N) is 4. The van der Waals surface area contributed by atoms with Gasteiger partial charge in [-0.3, -0.25) is 0 Å². The van der Waals surface area contributed by atoms with Gasteiger partial charge < -0.3 is 18.4 Å². The number of hydrogen-bond acceptors (Lipinski definition) is 5. The van der Waals surface area contributed by atoms with E-state index in [9.17, 15) is 4.79 Å². The summed E-state index contributed by atoms with van der Waals surface area (Å²) in [4.78, 5) is 20.9. The minimum Gasteiger partial charge on any atom is -0.434 e. The molecule has 0 N–H and O–H groups in total. The quantitative estimate of drug-likeness (QED) is 0.178. The number of imidazole rings is 2. The maximum Gasteiger partial charge on any atom is 0.515 e. The first-order chi connectivity index (χ1) is 19.2. The first kappa shape index (κ1) is 24.2. The second kappa shape index (κ2) is 10.3. The minimum atomic E-state index is -0.779. The summed E-state index contributed by atoms with van der Waals surface area (Å²) >= 11 is 0. The molecule has 0 spiro atoms. The SMILES string of the molecule is CCOC(=O)Oc1cn2cc(-c3cn(C(c4ccccc4)(c4ccccc4)c4ccccc4)cn3)ccc2n1. The predicted octanol–water partition coefficient (Wildman–Crippen LogP) is 6.57. The van der Waals surface area contributed by atoms with Crippen LogP contribution in [0.4, 0.5) is 4.79 Å². The monoisotopic (exact) mass is 514 g/mol. The van der Waals surface area contributed by atoms with Crippen LogP contribution >= 0.6 is 0 Å². The molecule has 7 heteroatoms. The summed E-state index contributed by atoms with van der Waals surface area (Å²) in [5.74, 6) is 0.173. The van der Waals surface area contributed by atoms with Gasteiger partial charge in [0, 0.05) is 18.0 Å². The van der Waals surface area contributed by atoms with E-state index in [1.165, 1.54) is 0 Å². The second-order valence-corrected chi connectivity index (χ2v) is 9.02. The zero-order chi connectivity index (χ0) is 26.7. The maximum absolute atomic E-state index is 11.7. The Kier molecular flexibility index (Phi) is 6.39. The van der Waals surface area contributed by atoms with Gasteiger partial charge in [0.05, 0.1) is 24.8 Å². The number of benzene rings is 3. The van der Waals surface area contributed by atoms with Crippen molar-refractivity contribution < 1.29 is 14.3 Å². The summed E-state index contributed by atoms with van der Waals surface area (Å²) < 4.78 is 14.0. The summed E-state index contributed by atoms with van der Waals surface area (Å²) in [5.41, 5.74) is 5.06. The fourth-order valence-corrected chi connectivity index (χ4v) is 5.04. The van der Waals surface area contributed by atoms with Crippen molar-refractivity contribution in [3.8, 4) is 17.1 Å². The van der Waals surface area contributed by atoms with Crippen molar-refractivity contribution in [2.45, 2.75) is 12.5 Å². The topological polar surface area (TPSA) is 70.7 Å². The van der Waals surface area contributed by atoms with Crippen LogP contribution in [0, 0.1) is 0 Å². The van der Waals surface area contributed by atoms with E-state index < -0.39 is 11.7 Å². The van der Waals surface area contributed by atoms with E-state index >= 15 is 0 Å². The lowest BCUT2D eigenvalue weighted by atomic mass is 9.77. The number of rotatable bonds is 7. The third-order valence-electron chi connectivity index (χ3n) is 6.72. The van der Waals surface area contributed by atoms with Crippen LogP contribution in [0.2, 0.25) is 0 Å². The van der Waals surface area contributed by atoms with Gasteiger partial charge in [0.1, 0.15) is 11.2 Å². The highest BCUT2D eigenvalue weighted by molar-refractivity contribution is 5.65. The Labute approximate surface area is 225 Å². The van der Waals surface area contributed by atoms with E-state index in [4.69, 9.17) is 14.5 Å². The zero-order valence-electron chi connectivity index (χ0n) is 21.3. The number of carbonyl (C=O) groups excluding carboxylic acids is 1. The van der Waals surface area contributed by atoms with Crippen molar-refractivity contribution in [2.24, 2.45) is 0 Å².